The lowest BCUT2D eigenvalue weighted by molar-refractivity contribution is -0.125. The number of unbranched alkanes of at least 4 members (excludes halogenated alkanes) is 1. The molecule has 0 saturated carbocycles. The molecule has 10 heteroatoms. The van der Waals surface area contributed by atoms with E-state index in [-0.39, 0.29) is 34.1 Å². The number of amides is 1. The number of halogens is 3. The van der Waals surface area contributed by atoms with E-state index >= 15 is 0 Å². The first-order valence-corrected chi connectivity index (χ1v) is 10.5. The fourth-order valence-corrected chi connectivity index (χ4v) is 6.81. The van der Waals surface area contributed by atoms with Crippen molar-refractivity contribution in [2.75, 3.05) is 11.4 Å². The highest BCUT2D eigenvalue weighted by atomic mass is 127. The minimum absolute atomic E-state index is 0.107. The van der Waals surface area contributed by atoms with E-state index in [0.29, 0.717) is 6.42 Å². The predicted octanol–water partition coefficient (Wildman–Crippen LogP) is 3.41. The second-order valence-corrected chi connectivity index (χ2v) is 8.41. The smallest absolute Gasteiger partial charge is 0.337 e. The maximum atomic E-state index is 12.5. The normalized spacial score (nSPS) is 11.9. The van der Waals surface area contributed by atoms with Crippen LogP contribution >= 0.6 is 67.8 Å². The SMILES string of the molecule is CCCCN(C(=O)[C@H](C)O)c1c(I)c(C(=O)O)c(I)c(C(=O)O)c1I. The van der Waals surface area contributed by atoms with Gasteiger partial charge < -0.3 is 20.2 Å². The minimum atomic E-state index is -1.29. The lowest BCUT2D eigenvalue weighted by atomic mass is 10.1. The first-order chi connectivity index (χ1) is 11.6. The number of aliphatic hydroxyl groups excluding tert-OH is 1. The molecule has 0 unspecified atom stereocenters. The summed E-state index contributed by atoms with van der Waals surface area (Å²) in [7, 11) is 0. The zero-order valence-electron chi connectivity index (χ0n) is 13.3. The van der Waals surface area contributed by atoms with E-state index < -0.39 is 23.9 Å². The number of carbonyl (C=O) groups excluding carboxylic acids is 1. The van der Waals surface area contributed by atoms with Crippen LogP contribution in [0, 0.1) is 10.7 Å². The van der Waals surface area contributed by atoms with E-state index in [1.54, 1.807) is 22.6 Å². The highest BCUT2D eigenvalue weighted by molar-refractivity contribution is 14.1. The van der Waals surface area contributed by atoms with Gasteiger partial charge in [-0.15, -0.1) is 0 Å². The molecule has 0 aliphatic rings. The number of carbonyl (C=O) groups is 3. The molecule has 0 bridgehead atoms. The molecule has 0 aliphatic carbocycles. The van der Waals surface area contributed by atoms with Gasteiger partial charge in [0.2, 0.25) is 0 Å². The summed E-state index contributed by atoms with van der Waals surface area (Å²) in [5, 5.41) is 28.7. The number of nitrogens with zero attached hydrogens (tertiary/aromatic N) is 1. The minimum Gasteiger partial charge on any atom is -0.478 e. The van der Waals surface area contributed by atoms with Crippen LogP contribution in [0.4, 0.5) is 5.69 Å². The van der Waals surface area contributed by atoms with Gasteiger partial charge in [-0.05, 0) is 81.1 Å². The van der Waals surface area contributed by atoms with Crippen molar-refractivity contribution in [2.24, 2.45) is 0 Å². The fourth-order valence-electron chi connectivity index (χ4n) is 2.14. The van der Waals surface area contributed by atoms with Crippen molar-refractivity contribution in [2.45, 2.75) is 32.8 Å². The van der Waals surface area contributed by atoms with Crippen LogP contribution in [0.5, 0.6) is 0 Å². The lowest BCUT2D eigenvalue weighted by Gasteiger charge is -2.28. The molecule has 1 aromatic carbocycles. The van der Waals surface area contributed by atoms with Crippen molar-refractivity contribution in [1.82, 2.24) is 0 Å². The van der Waals surface area contributed by atoms with Crippen molar-refractivity contribution >= 4 is 91.3 Å². The summed E-state index contributed by atoms with van der Waals surface area (Å²) in [4.78, 5) is 37.1. The fraction of sp³-hybridized carbons (Fsp3) is 0.400. The molecule has 0 radical (unpaired) electrons. The van der Waals surface area contributed by atoms with Gasteiger partial charge in [-0.2, -0.15) is 0 Å². The van der Waals surface area contributed by atoms with Crippen LogP contribution in [-0.4, -0.2) is 45.8 Å². The maximum Gasteiger partial charge on any atom is 0.337 e. The molecular weight excluding hydrogens is 671 g/mol. The topological polar surface area (TPSA) is 115 Å². The molecule has 25 heavy (non-hydrogen) atoms. The van der Waals surface area contributed by atoms with Crippen molar-refractivity contribution in [1.29, 1.82) is 0 Å². The van der Waals surface area contributed by atoms with Crippen LogP contribution in [0.25, 0.3) is 0 Å². The van der Waals surface area contributed by atoms with E-state index in [9.17, 15) is 29.7 Å². The number of aliphatic hydroxyl groups is 1. The number of hydrogen-bond donors (Lipinski definition) is 3. The Labute approximate surface area is 185 Å². The molecule has 1 rings (SSSR count). The summed E-state index contributed by atoms with van der Waals surface area (Å²) >= 11 is 5.32. The van der Waals surface area contributed by atoms with Gasteiger partial charge in [0.15, 0.2) is 0 Å². The zero-order valence-corrected chi connectivity index (χ0v) is 19.8. The van der Waals surface area contributed by atoms with Crippen molar-refractivity contribution in [3.8, 4) is 0 Å². The molecule has 0 aliphatic heterocycles. The molecule has 1 amide bonds. The Morgan fingerprint density at radius 3 is 1.76 bits per heavy atom. The second kappa shape index (κ2) is 9.64. The maximum absolute atomic E-state index is 12.5. The monoisotopic (exact) mass is 687 g/mol. The third-order valence-corrected chi connectivity index (χ3v) is 6.53. The number of hydrogen-bond acceptors (Lipinski definition) is 4. The van der Waals surface area contributed by atoms with E-state index in [0.717, 1.165) is 6.42 Å². The van der Waals surface area contributed by atoms with Crippen LogP contribution in [0.3, 0.4) is 0 Å². The molecule has 1 aromatic rings. The van der Waals surface area contributed by atoms with Crippen molar-refractivity contribution in [3.63, 3.8) is 0 Å². The van der Waals surface area contributed by atoms with Crippen molar-refractivity contribution < 1.29 is 29.7 Å². The highest BCUT2D eigenvalue weighted by Crippen LogP contribution is 2.38. The Morgan fingerprint density at radius 2 is 1.44 bits per heavy atom. The summed E-state index contributed by atoms with van der Waals surface area (Å²) in [5.41, 5.74) is -0.0985. The molecule has 0 spiro atoms. The Bertz CT molecular complexity index is 679. The van der Waals surface area contributed by atoms with Gasteiger partial charge in [0.25, 0.3) is 5.91 Å². The first kappa shape index (κ1) is 22.8. The van der Waals surface area contributed by atoms with Crippen LogP contribution in [0.2, 0.25) is 0 Å². The van der Waals surface area contributed by atoms with E-state index in [2.05, 4.69) is 0 Å². The number of aromatic carboxylic acids is 2. The van der Waals surface area contributed by atoms with Gasteiger partial charge in [-0.25, -0.2) is 9.59 Å². The lowest BCUT2D eigenvalue weighted by Crippen LogP contribution is -2.40. The third-order valence-electron chi connectivity index (χ3n) is 3.35. The third kappa shape index (κ3) is 4.94. The number of anilines is 1. The second-order valence-electron chi connectivity index (χ2n) is 5.17. The van der Waals surface area contributed by atoms with Crippen LogP contribution in [0.15, 0.2) is 0 Å². The molecule has 0 saturated heterocycles. The van der Waals surface area contributed by atoms with Gasteiger partial charge in [-0.3, -0.25) is 4.79 Å². The molecule has 7 nitrogen and oxygen atoms in total. The Morgan fingerprint density at radius 1 is 1.00 bits per heavy atom. The molecule has 3 N–H and O–H groups in total. The van der Waals surface area contributed by atoms with Gasteiger partial charge in [0.1, 0.15) is 6.10 Å². The molecule has 1 atom stereocenters. The van der Waals surface area contributed by atoms with E-state index in [4.69, 9.17) is 0 Å². The highest BCUT2D eigenvalue weighted by Gasteiger charge is 2.32. The molecule has 138 valence electrons. The summed E-state index contributed by atoms with van der Waals surface area (Å²) in [6.45, 7) is 3.51. The Hall–Kier alpha value is -0.220. The van der Waals surface area contributed by atoms with Crippen molar-refractivity contribution in [3.05, 3.63) is 21.8 Å². The molecule has 0 aromatic heterocycles. The van der Waals surface area contributed by atoms with E-state index in [1.807, 2.05) is 52.1 Å². The number of carboxylic acids is 2. The average Bonchev–Trinajstić information content (AvgIpc) is 2.48. The van der Waals surface area contributed by atoms with Gasteiger partial charge in [-0.1, -0.05) is 13.3 Å². The summed E-state index contributed by atoms with van der Waals surface area (Å²) < 4.78 is 0.651. The Balaban J connectivity index is 3.83. The van der Waals surface area contributed by atoms with Crippen LogP contribution in [-0.2, 0) is 4.79 Å². The summed E-state index contributed by atoms with van der Waals surface area (Å²) in [6, 6.07) is 0. The van der Waals surface area contributed by atoms with Gasteiger partial charge in [0.05, 0.1) is 24.0 Å². The largest absolute Gasteiger partial charge is 0.478 e. The predicted molar refractivity (Wildman–Crippen MR) is 117 cm³/mol. The first-order valence-electron chi connectivity index (χ1n) is 7.22. The molecule has 0 heterocycles. The number of benzene rings is 1. The quantitative estimate of drug-likeness (QED) is 0.379. The Kier molecular flexibility index (Phi) is 8.80. The van der Waals surface area contributed by atoms with Crippen LogP contribution in [0.1, 0.15) is 47.4 Å². The molecule has 0 fully saturated rings. The summed E-state index contributed by atoms with van der Waals surface area (Å²) in [6.07, 6.45) is 0.115. The number of carboxylic acid groups (broad SMARTS) is 2. The average molecular weight is 687 g/mol. The summed E-state index contributed by atoms with van der Waals surface area (Å²) in [5.74, 6) is -3.14. The van der Waals surface area contributed by atoms with Gasteiger partial charge in [0, 0.05) is 10.1 Å². The molecular formula is C15H16I3NO6. The number of rotatable bonds is 7. The van der Waals surface area contributed by atoms with Gasteiger partial charge >= 0.3 is 11.9 Å². The van der Waals surface area contributed by atoms with E-state index in [1.165, 1.54) is 11.8 Å². The standard InChI is InChI=1S/C15H16I3NO6/c1-3-4-5-19(13(21)6(2)20)12-10(17)7(14(22)23)9(16)8(11(12)18)15(24)25/h6,20H,3-5H2,1-2H3,(H,22,23)(H,24,25)/t6-/m0/s1. The zero-order chi connectivity index (χ0) is 19.5. The van der Waals surface area contributed by atoms with Crippen LogP contribution < -0.4 is 4.90 Å².